The van der Waals surface area contributed by atoms with E-state index in [-0.39, 0.29) is 35.5 Å². The highest BCUT2D eigenvalue weighted by molar-refractivity contribution is 8.44. The second kappa shape index (κ2) is 10.9. The molecule has 230 valence electrons. The van der Waals surface area contributed by atoms with Crippen LogP contribution in [0.3, 0.4) is 0 Å². The van der Waals surface area contributed by atoms with Gasteiger partial charge in [0.05, 0.1) is 32.0 Å². The molecule has 2 bridgehead atoms. The standard InChI is InChI=1S/C21H22FN7O10P2S2/c22-14-16-12(37-20(14)29-9-26-15-17(29)24-8-25-18(15)31)7-35-40(32,42)38-11-5-10(6-34-41(33,43)39-16)36-19(11)28-3-1-13(30)27-4-2-23-21(27)28/h1-4,8-12,14,16,19-20H,5-7H2,(H,32,42)(H,33,43)(H,24,25,31)/t10-,11+,12+,14-,16+,19+,20+,40?,41?/m0/s1. The minimum Gasteiger partial charge on any atom is -0.349 e. The summed E-state index contributed by atoms with van der Waals surface area (Å²) in [6.07, 6.45) is -2.25. The minimum atomic E-state index is -4.25. The third-order valence-electron chi connectivity index (χ3n) is 7.14. The van der Waals surface area contributed by atoms with Gasteiger partial charge in [0, 0.05) is 31.1 Å². The Hall–Kier alpha value is -2.35. The molecule has 22 heteroatoms. The summed E-state index contributed by atoms with van der Waals surface area (Å²) in [5.74, 6) is 0.231. The molecule has 43 heavy (non-hydrogen) atoms. The SMILES string of the molecule is O=c1[nH]cnc2c1ncn2[C@@H]1O[C@@H]2COP(O)(=S)O[C@@H]3C[C@@H](COP(=O)(S)O[C@H]2[C@@H]1F)O[C@H]3n1ccc(=O)n2ccnc12. The van der Waals surface area contributed by atoms with Crippen molar-refractivity contribution < 1.29 is 41.4 Å². The summed E-state index contributed by atoms with van der Waals surface area (Å²) in [6, 6.07) is 1.30. The van der Waals surface area contributed by atoms with E-state index in [0.29, 0.717) is 0 Å². The van der Waals surface area contributed by atoms with Crippen LogP contribution in [0.2, 0.25) is 0 Å². The van der Waals surface area contributed by atoms with Crippen molar-refractivity contribution in [1.82, 2.24) is 33.5 Å². The van der Waals surface area contributed by atoms with Gasteiger partial charge in [-0.2, -0.15) is 0 Å². The van der Waals surface area contributed by atoms with Crippen LogP contribution in [0.5, 0.6) is 0 Å². The molecule has 3 aliphatic heterocycles. The van der Waals surface area contributed by atoms with Crippen LogP contribution in [0.4, 0.5) is 4.39 Å². The van der Waals surface area contributed by atoms with Crippen molar-refractivity contribution in [2.45, 2.75) is 49.5 Å². The van der Waals surface area contributed by atoms with Crippen LogP contribution >= 0.6 is 25.8 Å². The Bertz CT molecular complexity index is 1920. The van der Waals surface area contributed by atoms with E-state index in [9.17, 15) is 19.0 Å². The molecule has 7 rings (SSSR count). The van der Waals surface area contributed by atoms with Crippen LogP contribution in [-0.4, -0.2) is 82.2 Å². The number of aromatic amines is 1. The molecule has 0 radical (unpaired) electrons. The predicted octanol–water partition coefficient (Wildman–Crippen LogP) is 1.22. The Morgan fingerprint density at radius 3 is 2.74 bits per heavy atom. The van der Waals surface area contributed by atoms with Crippen LogP contribution in [0.15, 0.2) is 46.9 Å². The number of H-pyrrole nitrogens is 1. The summed E-state index contributed by atoms with van der Waals surface area (Å²) in [7, 11) is 0. The number of rotatable bonds is 2. The van der Waals surface area contributed by atoms with Crippen molar-refractivity contribution in [3.05, 3.63) is 58.0 Å². The lowest BCUT2D eigenvalue weighted by atomic mass is 10.1. The molecule has 0 aromatic carbocycles. The van der Waals surface area contributed by atoms with Crippen LogP contribution in [0.25, 0.3) is 16.9 Å². The fourth-order valence-electron chi connectivity index (χ4n) is 5.27. The summed E-state index contributed by atoms with van der Waals surface area (Å²) >= 11 is 9.32. The molecule has 3 saturated heterocycles. The maximum absolute atomic E-state index is 15.9. The summed E-state index contributed by atoms with van der Waals surface area (Å²) in [4.78, 5) is 50.0. The fraction of sp³-hybridized carbons (Fsp3) is 0.476. The number of alkyl halides is 1. The van der Waals surface area contributed by atoms with Crippen LogP contribution < -0.4 is 11.1 Å². The number of nitrogens with zero attached hydrogens (tertiary/aromatic N) is 6. The predicted molar refractivity (Wildman–Crippen MR) is 150 cm³/mol. The average Bonchev–Trinajstić information content (AvgIpc) is 3.74. The molecule has 7 heterocycles. The van der Waals surface area contributed by atoms with Gasteiger partial charge in [-0.25, -0.2) is 23.9 Å². The van der Waals surface area contributed by atoms with Gasteiger partial charge in [0.25, 0.3) is 11.1 Å². The first-order chi connectivity index (χ1) is 20.5. The van der Waals surface area contributed by atoms with Gasteiger partial charge in [0.2, 0.25) is 5.78 Å². The van der Waals surface area contributed by atoms with E-state index in [4.69, 9.17) is 39.4 Å². The number of ether oxygens (including phenoxy) is 2. The Morgan fingerprint density at radius 2 is 1.91 bits per heavy atom. The lowest BCUT2D eigenvalue weighted by Gasteiger charge is -2.27. The maximum atomic E-state index is 15.9. The van der Waals surface area contributed by atoms with Gasteiger partial charge >= 0.3 is 13.5 Å². The minimum absolute atomic E-state index is 0.0286. The Morgan fingerprint density at radius 1 is 1.07 bits per heavy atom. The smallest absolute Gasteiger partial charge is 0.349 e. The van der Waals surface area contributed by atoms with E-state index in [1.807, 2.05) is 0 Å². The van der Waals surface area contributed by atoms with Gasteiger partial charge < -0.3 is 28.4 Å². The first-order valence-corrected chi connectivity index (χ1v) is 18.0. The van der Waals surface area contributed by atoms with Crippen molar-refractivity contribution in [1.29, 1.82) is 0 Å². The number of halogens is 1. The number of hydrogen-bond donors (Lipinski definition) is 3. The van der Waals surface area contributed by atoms with Crippen LogP contribution in [0.1, 0.15) is 18.9 Å². The number of fused-ring (bicyclic) bond motifs is 5. The normalized spacial score (nSPS) is 37.1. The molecule has 0 spiro atoms. The highest BCUT2D eigenvalue weighted by atomic mass is 32.7. The van der Waals surface area contributed by atoms with Gasteiger partial charge in [0.1, 0.15) is 18.3 Å². The monoisotopic (exact) mass is 677 g/mol. The Labute approximate surface area is 249 Å². The second-order valence-corrected chi connectivity index (χ2v) is 15.5. The summed E-state index contributed by atoms with van der Waals surface area (Å²) < 4.78 is 67.7. The number of hydrogen-bond acceptors (Lipinski definition) is 13. The molecule has 3 fully saturated rings. The van der Waals surface area contributed by atoms with E-state index >= 15 is 4.39 Å². The molecule has 0 amide bonds. The molecule has 2 N–H and O–H groups in total. The quantitative estimate of drug-likeness (QED) is 0.202. The van der Waals surface area contributed by atoms with E-state index in [1.54, 1.807) is 0 Å². The molecule has 2 unspecified atom stereocenters. The van der Waals surface area contributed by atoms with E-state index in [2.05, 4.69) is 32.2 Å². The zero-order valence-corrected chi connectivity index (χ0v) is 25.1. The lowest BCUT2D eigenvalue weighted by Crippen LogP contribution is -2.34. The number of nitrogens with one attached hydrogen (secondary N) is 1. The zero-order chi connectivity index (χ0) is 30.1. The second-order valence-electron chi connectivity index (χ2n) is 9.85. The topological polar surface area (TPSA) is 196 Å². The average molecular weight is 678 g/mol. The molecule has 4 aromatic heterocycles. The number of thiol groups is 1. The third kappa shape index (κ3) is 5.44. The van der Waals surface area contributed by atoms with Crippen molar-refractivity contribution in [3.63, 3.8) is 0 Å². The largest absolute Gasteiger partial charge is 0.386 e. The number of imidazole rings is 2. The third-order valence-corrected chi connectivity index (χ3v) is 10.3. The maximum Gasteiger partial charge on any atom is 0.386 e. The molecule has 0 aliphatic carbocycles. The molecular weight excluding hydrogens is 655 g/mol. The molecule has 0 saturated carbocycles. The Balaban J connectivity index is 1.19. The summed E-state index contributed by atoms with van der Waals surface area (Å²) in [6.45, 7) is -9.18. The van der Waals surface area contributed by atoms with Gasteiger partial charge in [-0.15, -0.1) is 0 Å². The van der Waals surface area contributed by atoms with E-state index in [0.717, 1.165) is 6.33 Å². The van der Waals surface area contributed by atoms with Gasteiger partial charge in [-0.05, 0) is 11.8 Å². The van der Waals surface area contributed by atoms with Crippen LogP contribution in [-0.2, 0) is 43.9 Å². The van der Waals surface area contributed by atoms with Gasteiger partial charge in [-0.1, -0.05) is 12.2 Å². The van der Waals surface area contributed by atoms with Crippen molar-refractivity contribution >= 4 is 54.5 Å². The highest BCUT2D eigenvalue weighted by Crippen LogP contribution is 2.58. The number of aromatic nitrogens is 7. The zero-order valence-electron chi connectivity index (χ0n) is 21.6. The van der Waals surface area contributed by atoms with E-state index in [1.165, 1.54) is 44.5 Å². The molecule has 4 aromatic rings. The molecule has 3 aliphatic rings. The lowest BCUT2D eigenvalue weighted by molar-refractivity contribution is -0.0586. The van der Waals surface area contributed by atoms with Gasteiger partial charge in [-0.3, -0.25) is 32.2 Å². The summed E-state index contributed by atoms with van der Waals surface area (Å²) in [5.41, 5.74) is -0.898. The molecule has 17 nitrogen and oxygen atoms in total. The first kappa shape index (κ1) is 29.4. The van der Waals surface area contributed by atoms with Gasteiger partial charge in [0.15, 0.2) is 29.8 Å². The van der Waals surface area contributed by atoms with Crippen molar-refractivity contribution in [2.75, 3.05) is 13.2 Å². The van der Waals surface area contributed by atoms with Crippen molar-refractivity contribution in [2.24, 2.45) is 0 Å². The van der Waals surface area contributed by atoms with E-state index < -0.39 is 68.7 Å². The summed E-state index contributed by atoms with van der Waals surface area (Å²) in [5, 5.41) is 0. The molecule has 9 atom stereocenters. The molecular formula is C21H22FN7O10P2S2. The van der Waals surface area contributed by atoms with Crippen LogP contribution in [0, 0.1) is 0 Å². The highest BCUT2D eigenvalue weighted by Gasteiger charge is 2.52. The fourth-order valence-corrected chi connectivity index (χ4v) is 8.21. The first-order valence-electron chi connectivity index (χ1n) is 12.7. The van der Waals surface area contributed by atoms with Crippen molar-refractivity contribution in [3.8, 4) is 0 Å². The Kier molecular flexibility index (Phi) is 7.46.